The fraction of sp³-hybridized carbons (Fsp3) is 0.388. The molecular weight excluding hydrogens is 751 g/mol. The Morgan fingerprint density at radius 2 is 1.17 bits per heavy atom. The molecular formula is C49H56Cl2Zr-2. The monoisotopic (exact) mass is 804 g/mol. The van der Waals surface area contributed by atoms with E-state index in [0.717, 1.165) is 6.42 Å². The van der Waals surface area contributed by atoms with Crippen LogP contribution in [0, 0.1) is 70.2 Å². The van der Waals surface area contributed by atoms with E-state index in [1.54, 1.807) is 0 Å². The van der Waals surface area contributed by atoms with E-state index in [2.05, 4.69) is 203 Å². The van der Waals surface area contributed by atoms with Gasteiger partial charge in [-0.15, -0.1) is 23.8 Å². The molecule has 3 heteroatoms. The van der Waals surface area contributed by atoms with E-state index >= 15 is 0 Å². The number of hydrogen-bond acceptors (Lipinski definition) is 0. The Kier molecular flexibility index (Phi) is 12.3. The smallest absolute Gasteiger partial charge is 0.109 e. The summed E-state index contributed by atoms with van der Waals surface area (Å²) in [6.45, 7) is 24.6. The van der Waals surface area contributed by atoms with Gasteiger partial charge in [0.15, 0.2) is 0 Å². The van der Waals surface area contributed by atoms with Crippen molar-refractivity contribution in [1.29, 1.82) is 0 Å². The standard InChI is InChI=1S/C29H37.C15H14.C5H5.2ClH.Zr/c1-21-14-13-15-22-20-27(6)25(4)18-10-9-16-23(25,2)24(3)17-11-12-19-26(24,5)29(27,8)28(21,22)7;1-12-5-3-7-14(9-12)11-15-8-4-6-13(2)10-15;1-2-4-5-3-1;;;/h9-20,22H,1-8H3;3-10H,1-2H3;1-3H,4H2;2*1H;/q-1;;-1;;;+2/p-2. The number of fused-ring (bicyclic) bond motifs is 8. The molecule has 8 atom stereocenters. The van der Waals surface area contributed by atoms with Crippen LogP contribution in [0.2, 0.25) is 0 Å². The molecule has 2 aromatic carbocycles. The average molecular weight is 807 g/mol. The molecule has 0 heterocycles. The Labute approximate surface area is 343 Å². The van der Waals surface area contributed by atoms with Crippen molar-refractivity contribution in [3.8, 4) is 0 Å². The Hall–Kier alpha value is -2.31. The minimum Gasteiger partial charge on any atom is -1.00 e. The maximum atomic E-state index is 2.99. The number of allylic oxidation sites excluding steroid dienone is 16. The molecule has 2 aromatic rings. The first-order valence-corrected chi connectivity index (χ1v) is 19.7. The second-order valence-electron chi connectivity index (χ2n) is 16.8. The van der Waals surface area contributed by atoms with E-state index in [9.17, 15) is 0 Å². The predicted octanol–water partition coefficient (Wildman–Crippen LogP) is 6.38. The van der Waals surface area contributed by atoms with Gasteiger partial charge in [-0.2, -0.15) is 6.08 Å². The first-order chi connectivity index (χ1) is 23.6. The summed E-state index contributed by atoms with van der Waals surface area (Å²) in [5.41, 5.74) is 7.08. The summed E-state index contributed by atoms with van der Waals surface area (Å²) in [5, 5.41) is 0. The van der Waals surface area contributed by atoms with Gasteiger partial charge in [0, 0.05) is 10.8 Å². The van der Waals surface area contributed by atoms with E-state index in [1.165, 1.54) is 55.3 Å². The molecule has 2 fully saturated rings. The zero-order chi connectivity index (χ0) is 36.2. The van der Waals surface area contributed by atoms with E-state index in [4.69, 9.17) is 0 Å². The second kappa shape index (κ2) is 15.1. The maximum Gasteiger partial charge on any atom is -0.109 e. The molecule has 0 nitrogen and oxygen atoms in total. The zero-order valence-electron chi connectivity index (χ0n) is 32.8. The molecule has 0 spiro atoms. The number of rotatable bonds is 2. The Morgan fingerprint density at radius 3 is 1.63 bits per heavy atom. The molecule has 0 N–H and O–H groups in total. The van der Waals surface area contributed by atoms with Crippen LogP contribution in [-0.4, -0.2) is 3.21 Å². The van der Waals surface area contributed by atoms with Gasteiger partial charge in [-0.25, -0.2) is 12.2 Å². The van der Waals surface area contributed by atoms with Crippen molar-refractivity contribution in [1.82, 2.24) is 0 Å². The molecule has 6 aliphatic rings. The van der Waals surface area contributed by atoms with Crippen molar-refractivity contribution in [2.75, 3.05) is 0 Å². The van der Waals surface area contributed by atoms with Crippen molar-refractivity contribution in [2.24, 2.45) is 43.8 Å². The normalized spacial score (nSPS) is 37.8. The van der Waals surface area contributed by atoms with Gasteiger partial charge in [0.2, 0.25) is 0 Å². The third kappa shape index (κ3) is 5.73. The Bertz CT molecular complexity index is 1880. The molecule has 0 radical (unpaired) electrons. The summed E-state index contributed by atoms with van der Waals surface area (Å²) < 4.78 is 1.43. The molecule has 0 saturated heterocycles. The topological polar surface area (TPSA) is 0 Å². The minimum atomic E-state index is 0. The molecule has 0 bridgehead atoms. The number of halogens is 2. The molecule has 6 aliphatic carbocycles. The summed E-state index contributed by atoms with van der Waals surface area (Å²) in [6, 6.07) is 17.4. The van der Waals surface area contributed by atoms with Gasteiger partial charge in [-0.1, -0.05) is 115 Å². The van der Waals surface area contributed by atoms with Crippen molar-refractivity contribution < 1.29 is 49.0 Å². The molecule has 2 saturated carbocycles. The first-order valence-electron chi connectivity index (χ1n) is 18.5. The van der Waals surface area contributed by atoms with Crippen LogP contribution in [0.4, 0.5) is 0 Å². The summed E-state index contributed by atoms with van der Waals surface area (Å²) in [6.07, 6.45) is 39.3. The van der Waals surface area contributed by atoms with Crippen LogP contribution in [0.3, 0.4) is 0 Å². The third-order valence-corrected chi connectivity index (χ3v) is 16.7. The summed E-state index contributed by atoms with van der Waals surface area (Å²) >= 11 is 1.47. The van der Waals surface area contributed by atoms with Crippen LogP contribution < -0.4 is 24.8 Å². The van der Waals surface area contributed by atoms with Crippen LogP contribution in [-0.2, 0) is 24.2 Å². The van der Waals surface area contributed by atoms with E-state index in [1.807, 2.05) is 12.2 Å². The van der Waals surface area contributed by atoms with Crippen LogP contribution in [0.5, 0.6) is 0 Å². The van der Waals surface area contributed by atoms with E-state index in [0.29, 0.717) is 5.92 Å². The molecule has 8 rings (SSSR count). The van der Waals surface area contributed by atoms with Gasteiger partial charge >= 0.3 is 112 Å². The van der Waals surface area contributed by atoms with Gasteiger partial charge < -0.3 is 31.2 Å². The van der Waals surface area contributed by atoms with E-state index in [-0.39, 0.29) is 62.7 Å². The van der Waals surface area contributed by atoms with Crippen molar-refractivity contribution >= 4 is 3.21 Å². The zero-order valence-corrected chi connectivity index (χ0v) is 36.8. The first kappa shape index (κ1) is 42.4. The predicted molar refractivity (Wildman–Crippen MR) is 211 cm³/mol. The Balaban J connectivity index is 0.000000221. The maximum absolute atomic E-state index is 2.99. The number of aryl methyl sites for hydroxylation is 2. The van der Waals surface area contributed by atoms with E-state index < -0.39 is 0 Å². The quantitative estimate of drug-likeness (QED) is 0.310. The van der Waals surface area contributed by atoms with Crippen LogP contribution >= 0.6 is 0 Å². The van der Waals surface area contributed by atoms with Crippen LogP contribution in [0.1, 0.15) is 84.1 Å². The van der Waals surface area contributed by atoms with Crippen molar-refractivity contribution in [3.63, 3.8) is 0 Å². The molecule has 0 aliphatic heterocycles. The van der Waals surface area contributed by atoms with Crippen molar-refractivity contribution in [3.05, 3.63) is 174 Å². The molecule has 52 heavy (non-hydrogen) atoms. The Morgan fingerprint density at radius 1 is 0.673 bits per heavy atom. The molecule has 0 amide bonds. The largest absolute Gasteiger partial charge is 1.00 e. The fourth-order valence-corrected chi connectivity index (χ4v) is 12.1. The van der Waals surface area contributed by atoms with Gasteiger partial charge in [0.05, 0.1) is 0 Å². The van der Waals surface area contributed by atoms with Gasteiger partial charge in [-0.3, -0.25) is 6.08 Å². The molecule has 272 valence electrons. The van der Waals surface area contributed by atoms with Gasteiger partial charge in [0.1, 0.15) is 0 Å². The van der Waals surface area contributed by atoms with Gasteiger partial charge in [0.25, 0.3) is 0 Å². The van der Waals surface area contributed by atoms with Gasteiger partial charge in [-0.05, 0) is 28.6 Å². The number of benzene rings is 2. The van der Waals surface area contributed by atoms with Crippen LogP contribution in [0.25, 0.3) is 0 Å². The summed E-state index contributed by atoms with van der Waals surface area (Å²) in [7, 11) is 0. The summed E-state index contributed by atoms with van der Waals surface area (Å²) in [4.78, 5) is 0. The SMILES string of the molecule is CC1=CC=CC2[CH-]C3(C)C4(C)C=CC=CC4(C)C4(C)C=CC=CC4(C)C3(C)C12C.Cc1cccc([C](=[Zr+2])c2cccc(C)c2)c1.[C-]1=CC=CC1.[Cl-].[Cl-]. The molecule has 8 unspecified atom stereocenters. The summed E-state index contributed by atoms with van der Waals surface area (Å²) in [5.74, 6) is 0.460. The second-order valence-corrected chi connectivity index (χ2v) is 18.0. The third-order valence-electron chi connectivity index (χ3n) is 15.2. The van der Waals surface area contributed by atoms with Crippen LogP contribution in [0.15, 0.2) is 139 Å². The fourth-order valence-electron chi connectivity index (χ4n) is 11.4. The van der Waals surface area contributed by atoms with Crippen molar-refractivity contribution in [2.45, 2.75) is 75.7 Å². The molecule has 0 aromatic heterocycles. The number of hydrogen-bond donors (Lipinski definition) is 0. The average Bonchev–Trinajstić information content (AvgIpc) is 3.74. The minimum absolute atomic E-state index is 0.